The van der Waals surface area contributed by atoms with Crippen molar-refractivity contribution in [3.63, 3.8) is 0 Å². The van der Waals surface area contributed by atoms with Gasteiger partial charge in [-0.05, 0) is 27.2 Å². The quantitative estimate of drug-likeness (QED) is 0.738. The number of rotatable bonds is 4. The van der Waals surface area contributed by atoms with Gasteiger partial charge in [-0.2, -0.15) is 0 Å². The van der Waals surface area contributed by atoms with E-state index in [1.54, 1.807) is 0 Å². The van der Waals surface area contributed by atoms with Crippen LogP contribution in [0.15, 0.2) is 0 Å². The average Bonchev–Trinajstić information content (AvgIpc) is 2.27. The highest BCUT2D eigenvalue weighted by Crippen LogP contribution is 2.05. The molecule has 0 saturated carbocycles. The van der Waals surface area contributed by atoms with Crippen LogP contribution in [-0.2, 0) is 4.79 Å². The fraction of sp³-hybridized carbons (Fsp3) is 0.917. The van der Waals surface area contributed by atoms with Gasteiger partial charge >= 0.3 is 0 Å². The number of piperazine rings is 1. The zero-order valence-corrected chi connectivity index (χ0v) is 10.9. The fourth-order valence-corrected chi connectivity index (χ4v) is 1.95. The van der Waals surface area contributed by atoms with Crippen LogP contribution in [0.1, 0.15) is 34.1 Å². The third-order valence-electron chi connectivity index (χ3n) is 3.33. The first-order chi connectivity index (χ1) is 7.54. The summed E-state index contributed by atoms with van der Waals surface area (Å²) in [6, 6.07) is 0.737. The van der Waals surface area contributed by atoms with Crippen molar-refractivity contribution in [2.45, 2.75) is 52.2 Å². The first-order valence-corrected chi connectivity index (χ1v) is 6.32. The van der Waals surface area contributed by atoms with Gasteiger partial charge in [0, 0.05) is 31.7 Å². The Kier molecular flexibility index (Phi) is 5.22. The molecular formula is C12H25N3O. The zero-order chi connectivity index (χ0) is 12.1. The minimum absolute atomic E-state index is 0.0152. The lowest BCUT2D eigenvalue weighted by molar-refractivity contribution is -0.126. The molecule has 94 valence electrons. The number of hydrogen-bond donors (Lipinski definition) is 2. The summed E-state index contributed by atoms with van der Waals surface area (Å²) < 4.78 is 0. The molecule has 1 aliphatic heterocycles. The van der Waals surface area contributed by atoms with Crippen LogP contribution in [-0.4, -0.2) is 48.6 Å². The Morgan fingerprint density at radius 3 is 2.81 bits per heavy atom. The van der Waals surface area contributed by atoms with Crippen molar-refractivity contribution < 1.29 is 4.79 Å². The van der Waals surface area contributed by atoms with Gasteiger partial charge in [0.05, 0.1) is 6.04 Å². The first-order valence-electron chi connectivity index (χ1n) is 6.32. The van der Waals surface area contributed by atoms with Crippen molar-refractivity contribution in [3.05, 3.63) is 0 Å². The lowest BCUT2D eigenvalue weighted by Gasteiger charge is -2.35. The van der Waals surface area contributed by atoms with Crippen LogP contribution < -0.4 is 10.6 Å². The molecule has 16 heavy (non-hydrogen) atoms. The van der Waals surface area contributed by atoms with E-state index >= 15 is 0 Å². The van der Waals surface area contributed by atoms with Crippen molar-refractivity contribution in [2.24, 2.45) is 0 Å². The van der Waals surface area contributed by atoms with E-state index < -0.39 is 0 Å². The summed E-state index contributed by atoms with van der Waals surface area (Å²) in [6.07, 6.45) is 0.983. The smallest absolute Gasteiger partial charge is 0.237 e. The van der Waals surface area contributed by atoms with E-state index in [9.17, 15) is 4.79 Å². The topological polar surface area (TPSA) is 44.4 Å². The number of carbonyl (C=O) groups excluding carboxylic acids is 1. The lowest BCUT2D eigenvalue weighted by atomic mass is 10.1. The molecular weight excluding hydrogens is 202 g/mol. The molecule has 3 atom stereocenters. The summed E-state index contributed by atoms with van der Waals surface area (Å²) >= 11 is 0. The molecule has 1 fully saturated rings. The molecule has 4 nitrogen and oxygen atoms in total. The van der Waals surface area contributed by atoms with Gasteiger partial charge < -0.3 is 10.6 Å². The van der Waals surface area contributed by atoms with E-state index in [1.165, 1.54) is 0 Å². The summed E-state index contributed by atoms with van der Waals surface area (Å²) in [4.78, 5) is 14.2. The molecule has 1 aliphatic rings. The highest BCUT2D eigenvalue weighted by molar-refractivity contribution is 5.81. The van der Waals surface area contributed by atoms with Crippen molar-refractivity contribution in [3.8, 4) is 0 Å². The van der Waals surface area contributed by atoms with Crippen LogP contribution in [0.3, 0.4) is 0 Å². The molecule has 2 unspecified atom stereocenters. The summed E-state index contributed by atoms with van der Waals surface area (Å²) in [5.41, 5.74) is 0. The van der Waals surface area contributed by atoms with Gasteiger partial charge in [0.25, 0.3) is 0 Å². The predicted octanol–water partition coefficient (Wildman–Crippen LogP) is 0.583. The summed E-state index contributed by atoms with van der Waals surface area (Å²) in [6.45, 7) is 11.2. The molecule has 1 amide bonds. The Hall–Kier alpha value is -0.610. The Labute approximate surface area is 98.8 Å². The Balaban J connectivity index is 2.43. The van der Waals surface area contributed by atoms with Crippen molar-refractivity contribution in [1.29, 1.82) is 0 Å². The van der Waals surface area contributed by atoms with E-state index in [0.29, 0.717) is 6.04 Å². The summed E-state index contributed by atoms with van der Waals surface area (Å²) in [7, 11) is 0. The largest absolute Gasteiger partial charge is 0.352 e. The Morgan fingerprint density at radius 1 is 1.56 bits per heavy atom. The van der Waals surface area contributed by atoms with Crippen LogP contribution in [0.25, 0.3) is 0 Å². The first kappa shape index (κ1) is 13.5. The molecule has 2 N–H and O–H groups in total. The monoisotopic (exact) mass is 227 g/mol. The molecule has 1 rings (SSSR count). The van der Waals surface area contributed by atoms with E-state index in [4.69, 9.17) is 0 Å². The Morgan fingerprint density at radius 2 is 2.25 bits per heavy atom. The van der Waals surface area contributed by atoms with Gasteiger partial charge in [0.1, 0.15) is 0 Å². The van der Waals surface area contributed by atoms with Gasteiger partial charge in [-0.25, -0.2) is 0 Å². The lowest BCUT2D eigenvalue weighted by Crippen LogP contribution is -2.56. The average molecular weight is 227 g/mol. The molecule has 0 aromatic heterocycles. The van der Waals surface area contributed by atoms with Crippen LogP contribution in [0.4, 0.5) is 0 Å². The van der Waals surface area contributed by atoms with E-state index in [0.717, 1.165) is 26.1 Å². The minimum Gasteiger partial charge on any atom is -0.352 e. The maximum atomic E-state index is 11.9. The number of hydrogen-bond acceptors (Lipinski definition) is 3. The number of amides is 1. The predicted molar refractivity (Wildman–Crippen MR) is 66.4 cm³/mol. The molecule has 0 bridgehead atoms. The molecule has 1 saturated heterocycles. The van der Waals surface area contributed by atoms with Gasteiger partial charge in [0.15, 0.2) is 0 Å². The normalized spacial score (nSPS) is 26.1. The minimum atomic E-state index is -0.0152. The van der Waals surface area contributed by atoms with E-state index in [2.05, 4.69) is 29.4 Å². The second-order valence-electron chi connectivity index (χ2n) is 4.84. The molecule has 4 heteroatoms. The van der Waals surface area contributed by atoms with Crippen LogP contribution in [0, 0.1) is 0 Å². The zero-order valence-electron chi connectivity index (χ0n) is 10.9. The second-order valence-corrected chi connectivity index (χ2v) is 4.84. The van der Waals surface area contributed by atoms with Gasteiger partial charge in [0.2, 0.25) is 5.91 Å². The molecule has 1 heterocycles. The van der Waals surface area contributed by atoms with Crippen LogP contribution in [0.5, 0.6) is 0 Å². The maximum absolute atomic E-state index is 11.9. The van der Waals surface area contributed by atoms with E-state index in [-0.39, 0.29) is 18.0 Å². The van der Waals surface area contributed by atoms with Gasteiger partial charge in [-0.15, -0.1) is 0 Å². The molecule has 0 aromatic rings. The molecule has 0 radical (unpaired) electrons. The third kappa shape index (κ3) is 3.76. The molecule has 0 aromatic carbocycles. The van der Waals surface area contributed by atoms with Crippen molar-refractivity contribution in [1.82, 2.24) is 15.5 Å². The highest BCUT2D eigenvalue weighted by Gasteiger charge is 2.25. The van der Waals surface area contributed by atoms with Crippen LogP contribution in [0.2, 0.25) is 0 Å². The number of carbonyl (C=O) groups is 1. The number of nitrogens with zero attached hydrogens (tertiary/aromatic N) is 1. The van der Waals surface area contributed by atoms with Gasteiger partial charge in [-0.1, -0.05) is 6.92 Å². The van der Waals surface area contributed by atoms with Gasteiger partial charge in [-0.3, -0.25) is 9.69 Å². The van der Waals surface area contributed by atoms with Crippen molar-refractivity contribution >= 4 is 5.91 Å². The summed E-state index contributed by atoms with van der Waals surface area (Å²) in [5, 5.41) is 6.42. The van der Waals surface area contributed by atoms with E-state index in [1.807, 2.05) is 13.8 Å². The molecule has 0 spiro atoms. The Bertz CT molecular complexity index is 232. The highest BCUT2D eigenvalue weighted by atomic mass is 16.2. The second kappa shape index (κ2) is 6.21. The third-order valence-corrected chi connectivity index (χ3v) is 3.33. The fourth-order valence-electron chi connectivity index (χ4n) is 1.95. The summed E-state index contributed by atoms with van der Waals surface area (Å²) in [5.74, 6) is 0.156. The van der Waals surface area contributed by atoms with Crippen LogP contribution >= 0.6 is 0 Å². The number of nitrogens with one attached hydrogen (secondary N) is 2. The SMILES string of the molecule is CCC(C)NC(=O)C(C)N1CCN[C@H](C)C1. The standard InChI is InChI=1S/C12H25N3O/c1-5-9(2)14-12(16)11(4)15-7-6-13-10(3)8-15/h9-11,13H,5-8H2,1-4H3,(H,14,16)/t9?,10-,11?/m1/s1. The molecule has 0 aliphatic carbocycles. The maximum Gasteiger partial charge on any atom is 0.237 e. The van der Waals surface area contributed by atoms with Crippen molar-refractivity contribution in [2.75, 3.05) is 19.6 Å².